The van der Waals surface area contributed by atoms with E-state index in [1.807, 2.05) is 0 Å². The third-order valence-corrected chi connectivity index (χ3v) is 2.92. The number of hydrogen-bond donors (Lipinski definition) is 1. The van der Waals surface area contributed by atoms with Gasteiger partial charge in [0.15, 0.2) is 0 Å². The summed E-state index contributed by atoms with van der Waals surface area (Å²) >= 11 is 0. The van der Waals surface area contributed by atoms with E-state index in [-0.39, 0.29) is 12.4 Å². The summed E-state index contributed by atoms with van der Waals surface area (Å²) in [4.78, 5) is 25.0. The second kappa shape index (κ2) is 4.33. The minimum absolute atomic E-state index is 0.128. The Kier molecular flexibility index (Phi) is 3.42. The van der Waals surface area contributed by atoms with Crippen molar-refractivity contribution in [2.45, 2.75) is 19.4 Å². The van der Waals surface area contributed by atoms with E-state index in [4.69, 9.17) is 0 Å². The van der Waals surface area contributed by atoms with Crippen LogP contribution < -0.4 is 16.1 Å². The fraction of sp³-hybridized carbons (Fsp3) is 0.700. The van der Waals surface area contributed by atoms with Crippen molar-refractivity contribution in [3.05, 3.63) is 20.8 Å². The molecule has 1 heterocycles. The topological polar surface area (TPSA) is 80.4 Å². The van der Waals surface area contributed by atoms with E-state index in [1.165, 1.54) is 14.1 Å². The summed E-state index contributed by atoms with van der Waals surface area (Å²) < 4.78 is 2.09. The van der Waals surface area contributed by atoms with Gasteiger partial charge >= 0.3 is 5.69 Å². The number of anilines is 1. The van der Waals surface area contributed by atoms with E-state index in [0.29, 0.717) is 0 Å². The van der Waals surface area contributed by atoms with Crippen molar-refractivity contribution < 1.29 is 5.11 Å². The van der Waals surface area contributed by atoms with E-state index in [9.17, 15) is 14.7 Å². The maximum Gasteiger partial charge on any atom is 0.346 e. The summed E-state index contributed by atoms with van der Waals surface area (Å²) in [7, 11) is 4.53. The first-order valence-corrected chi connectivity index (χ1v) is 5.21. The molecule has 1 aromatic rings. The lowest BCUT2D eigenvalue weighted by molar-refractivity contribution is 0.215. The molecule has 0 bridgehead atoms. The number of aromatic nitrogens is 3. The van der Waals surface area contributed by atoms with Crippen molar-refractivity contribution >= 4 is 5.82 Å². The standard InChI is InChI=1S/C10H18N4O3/c1-10(2,6-15)13(4)7-8(16)12(3)9(17)14(5)11-7/h15H,6H2,1-5H3. The predicted molar refractivity (Wildman–Crippen MR) is 64.3 cm³/mol. The number of aryl methyl sites for hydroxylation is 1. The highest BCUT2D eigenvalue weighted by atomic mass is 16.3. The summed E-state index contributed by atoms with van der Waals surface area (Å²) in [6.07, 6.45) is 0. The Labute approximate surface area is 98.9 Å². The van der Waals surface area contributed by atoms with Crippen molar-refractivity contribution in [3.8, 4) is 0 Å². The van der Waals surface area contributed by atoms with Gasteiger partial charge in [0.05, 0.1) is 12.1 Å². The molecule has 0 fully saturated rings. The van der Waals surface area contributed by atoms with Gasteiger partial charge in [-0.2, -0.15) is 0 Å². The molecule has 0 amide bonds. The third kappa shape index (κ3) is 2.23. The molecular formula is C10H18N4O3. The molecular weight excluding hydrogens is 224 g/mol. The van der Waals surface area contributed by atoms with Crippen LogP contribution >= 0.6 is 0 Å². The first-order chi connectivity index (χ1) is 7.72. The van der Waals surface area contributed by atoms with Gasteiger partial charge in [-0.05, 0) is 13.8 Å². The molecule has 0 aliphatic heterocycles. The van der Waals surface area contributed by atoms with E-state index >= 15 is 0 Å². The highest BCUT2D eigenvalue weighted by molar-refractivity contribution is 5.37. The maximum atomic E-state index is 11.9. The smallest absolute Gasteiger partial charge is 0.346 e. The van der Waals surface area contributed by atoms with Crippen LogP contribution in [-0.2, 0) is 14.1 Å². The average molecular weight is 242 g/mol. The summed E-state index contributed by atoms with van der Waals surface area (Å²) in [6, 6.07) is 0. The maximum absolute atomic E-state index is 11.9. The van der Waals surface area contributed by atoms with Gasteiger partial charge in [0, 0.05) is 21.1 Å². The second-order valence-corrected chi connectivity index (χ2v) is 4.62. The molecule has 0 unspecified atom stereocenters. The lowest BCUT2D eigenvalue weighted by atomic mass is 10.1. The summed E-state index contributed by atoms with van der Waals surface area (Å²) in [5.74, 6) is 0.133. The third-order valence-electron chi connectivity index (χ3n) is 2.92. The zero-order chi connectivity index (χ0) is 13.4. The minimum atomic E-state index is -0.628. The van der Waals surface area contributed by atoms with Gasteiger partial charge in [-0.1, -0.05) is 0 Å². The molecule has 0 saturated heterocycles. The van der Waals surface area contributed by atoms with Crippen LogP contribution in [-0.4, -0.2) is 38.6 Å². The lowest BCUT2D eigenvalue weighted by Gasteiger charge is -2.34. The molecule has 17 heavy (non-hydrogen) atoms. The van der Waals surface area contributed by atoms with Crippen LogP contribution in [0.4, 0.5) is 5.82 Å². The number of nitrogens with zero attached hydrogens (tertiary/aromatic N) is 4. The fourth-order valence-electron chi connectivity index (χ4n) is 1.28. The molecule has 0 saturated carbocycles. The molecule has 0 radical (unpaired) electrons. The van der Waals surface area contributed by atoms with Gasteiger partial charge in [0.25, 0.3) is 5.56 Å². The fourth-order valence-corrected chi connectivity index (χ4v) is 1.28. The van der Waals surface area contributed by atoms with Gasteiger partial charge in [-0.15, -0.1) is 5.10 Å². The molecule has 1 aromatic heterocycles. The Balaban J connectivity index is 3.44. The van der Waals surface area contributed by atoms with Crippen LogP contribution in [0, 0.1) is 0 Å². The second-order valence-electron chi connectivity index (χ2n) is 4.62. The van der Waals surface area contributed by atoms with Gasteiger partial charge in [0.1, 0.15) is 0 Å². The Morgan fingerprint density at radius 2 is 1.88 bits per heavy atom. The van der Waals surface area contributed by atoms with Crippen molar-refractivity contribution in [3.63, 3.8) is 0 Å². The highest BCUT2D eigenvalue weighted by Crippen LogP contribution is 2.15. The number of aliphatic hydroxyl groups excluding tert-OH is 1. The molecule has 0 atom stereocenters. The van der Waals surface area contributed by atoms with Crippen molar-refractivity contribution in [1.82, 2.24) is 14.3 Å². The van der Waals surface area contributed by atoms with E-state index in [2.05, 4.69) is 5.10 Å². The Bertz CT molecular complexity index is 529. The molecule has 7 nitrogen and oxygen atoms in total. The number of aliphatic hydroxyl groups is 1. The largest absolute Gasteiger partial charge is 0.394 e. The average Bonchev–Trinajstić information content (AvgIpc) is 2.30. The summed E-state index contributed by atoms with van der Waals surface area (Å²) in [6.45, 7) is 3.43. The zero-order valence-electron chi connectivity index (χ0n) is 10.8. The van der Waals surface area contributed by atoms with Gasteiger partial charge in [-0.3, -0.25) is 9.36 Å². The first kappa shape index (κ1) is 13.4. The van der Waals surface area contributed by atoms with E-state index < -0.39 is 16.8 Å². The van der Waals surface area contributed by atoms with Crippen LogP contribution in [0.25, 0.3) is 0 Å². The summed E-state index contributed by atoms with van der Waals surface area (Å²) in [5, 5.41) is 13.2. The number of rotatable bonds is 3. The quantitative estimate of drug-likeness (QED) is 0.711. The monoisotopic (exact) mass is 242 g/mol. The van der Waals surface area contributed by atoms with Crippen molar-refractivity contribution in [2.75, 3.05) is 18.6 Å². The van der Waals surface area contributed by atoms with Gasteiger partial charge in [0.2, 0.25) is 5.82 Å². The van der Waals surface area contributed by atoms with E-state index in [1.54, 1.807) is 25.8 Å². The first-order valence-electron chi connectivity index (χ1n) is 5.21. The molecule has 0 aliphatic rings. The molecule has 0 aliphatic carbocycles. The van der Waals surface area contributed by atoms with Gasteiger partial charge in [-0.25, -0.2) is 9.48 Å². The molecule has 0 spiro atoms. The predicted octanol–water partition coefficient (Wildman–Crippen LogP) is -1.31. The molecule has 0 aromatic carbocycles. The van der Waals surface area contributed by atoms with Crippen LogP contribution in [0.1, 0.15) is 13.8 Å². The van der Waals surface area contributed by atoms with E-state index in [0.717, 1.165) is 9.25 Å². The van der Waals surface area contributed by atoms with Crippen LogP contribution in [0.15, 0.2) is 9.59 Å². The SMILES string of the molecule is CN(c1nn(C)c(=O)n(C)c1=O)C(C)(C)CO. The Hall–Kier alpha value is -1.63. The number of hydrogen-bond acceptors (Lipinski definition) is 5. The Morgan fingerprint density at radius 3 is 2.35 bits per heavy atom. The minimum Gasteiger partial charge on any atom is -0.394 e. The molecule has 96 valence electrons. The lowest BCUT2D eigenvalue weighted by Crippen LogP contribution is -2.50. The molecule has 7 heteroatoms. The van der Waals surface area contributed by atoms with Crippen LogP contribution in [0.3, 0.4) is 0 Å². The van der Waals surface area contributed by atoms with Crippen LogP contribution in [0.2, 0.25) is 0 Å². The Morgan fingerprint density at radius 1 is 1.35 bits per heavy atom. The van der Waals surface area contributed by atoms with Crippen molar-refractivity contribution in [1.29, 1.82) is 0 Å². The van der Waals surface area contributed by atoms with Crippen LogP contribution in [0.5, 0.6) is 0 Å². The van der Waals surface area contributed by atoms with Crippen molar-refractivity contribution in [2.24, 2.45) is 14.1 Å². The number of likely N-dealkylation sites (N-methyl/N-ethyl adjacent to an activating group) is 1. The zero-order valence-corrected chi connectivity index (χ0v) is 10.8. The molecule has 1 N–H and O–H groups in total. The molecule has 1 rings (SSSR count). The highest BCUT2D eigenvalue weighted by Gasteiger charge is 2.27. The summed E-state index contributed by atoms with van der Waals surface area (Å²) in [5.41, 5.74) is -1.58. The normalized spacial score (nSPS) is 11.6. The van der Waals surface area contributed by atoms with Gasteiger partial charge < -0.3 is 10.0 Å².